The molecular formula is C36H40ClN3O5S. The van der Waals surface area contributed by atoms with Crippen molar-refractivity contribution in [2.45, 2.75) is 57.1 Å². The molecule has 4 aromatic carbocycles. The van der Waals surface area contributed by atoms with E-state index in [0.717, 1.165) is 21.0 Å². The van der Waals surface area contributed by atoms with Crippen molar-refractivity contribution in [2.75, 3.05) is 18.0 Å². The fourth-order valence-corrected chi connectivity index (χ4v) is 6.58. The molecule has 1 N–H and O–H groups in total. The standard InChI is InChI=1S/C36H40ClN3O5S/c1-26-16-19-30(20-17-26)46(43,44)40(31-23-29(37)18-21-33(31)45-5)25-34(41)39(24-28-14-10-7-11-15-28)32(35(42)38-36(2,3)4)22-27-12-8-6-9-13-27/h6-21,23,32H,22,24-25H2,1-5H3,(H,38,42)/t32-/m0/s1. The summed E-state index contributed by atoms with van der Waals surface area (Å²) in [5.74, 6) is -0.714. The van der Waals surface area contributed by atoms with Crippen molar-refractivity contribution in [1.29, 1.82) is 0 Å². The Morgan fingerprint density at radius 1 is 0.870 bits per heavy atom. The molecule has 0 aliphatic carbocycles. The number of hydrogen-bond acceptors (Lipinski definition) is 5. The highest BCUT2D eigenvalue weighted by atomic mass is 35.5. The van der Waals surface area contributed by atoms with Gasteiger partial charge in [0, 0.05) is 23.5 Å². The zero-order valence-electron chi connectivity index (χ0n) is 26.7. The molecule has 10 heteroatoms. The summed E-state index contributed by atoms with van der Waals surface area (Å²) in [6.45, 7) is 6.92. The molecule has 46 heavy (non-hydrogen) atoms. The SMILES string of the molecule is COc1ccc(Cl)cc1N(CC(=O)N(Cc1ccccc1)[C@@H](Cc1ccccc1)C(=O)NC(C)(C)C)S(=O)(=O)c1ccc(C)cc1. The summed E-state index contributed by atoms with van der Waals surface area (Å²) in [5, 5.41) is 3.29. The van der Waals surface area contributed by atoms with Crippen molar-refractivity contribution in [3.05, 3.63) is 125 Å². The molecule has 0 spiro atoms. The minimum atomic E-state index is -4.31. The van der Waals surface area contributed by atoms with E-state index in [1.165, 1.54) is 30.2 Å². The van der Waals surface area contributed by atoms with Crippen LogP contribution in [0.4, 0.5) is 5.69 Å². The quantitative estimate of drug-likeness (QED) is 0.189. The molecule has 242 valence electrons. The van der Waals surface area contributed by atoms with Crippen LogP contribution in [0.1, 0.15) is 37.5 Å². The molecule has 0 radical (unpaired) electrons. The van der Waals surface area contributed by atoms with Crippen LogP contribution in [0.3, 0.4) is 0 Å². The van der Waals surface area contributed by atoms with Crippen LogP contribution in [0.15, 0.2) is 108 Å². The Morgan fingerprint density at radius 2 is 1.46 bits per heavy atom. The lowest BCUT2D eigenvalue weighted by atomic mass is 10.0. The number of ether oxygens (including phenoxy) is 1. The number of rotatable bonds is 12. The number of aryl methyl sites for hydroxylation is 1. The predicted molar refractivity (Wildman–Crippen MR) is 183 cm³/mol. The van der Waals surface area contributed by atoms with Gasteiger partial charge in [0.2, 0.25) is 11.8 Å². The van der Waals surface area contributed by atoms with Crippen LogP contribution in [0, 0.1) is 6.92 Å². The van der Waals surface area contributed by atoms with Gasteiger partial charge in [-0.15, -0.1) is 0 Å². The van der Waals surface area contributed by atoms with E-state index >= 15 is 0 Å². The van der Waals surface area contributed by atoms with Gasteiger partial charge >= 0.3 is 0 Å². The normalized spacial score (nSPS) is 12.2. The average molecular weight is 662 g/mol. The molecule has 1 atom stereocenters. The first-order chi connectivity index (χ1) is 21.8. The molecule has 0 heterocycles. The Hall–Kier alpha value is -4.34. The van der Waals surface area contributed by atoms with Crippen LogP contribution < -0.4 is 14.4 Å². The maximum atomic E-state index is 14.6. The number of amides is 2. The number of sulfonamides is 1. The van der Waals surface area contributed by atoms with Crippen molar-refractivity contribution in [3.8, 4) is 5.75 Å². The zero-order chi connectivity index (χ0) is 33.5. The average Bonchev–Trinajstić information content (AvgIpc) is 3.01. The van der Waals surface area contributed by atoms with Crippen LogP contribution in [-0.2, 0) is 32.6 Å². The zero-order valence-corrected chi connectivity index (χ0v) is 28.3. The molecule has 0 unspecified atom stereocenters. The first kappa shape index (κ1) is 34.5. The number of anilines is 1. The second-order valence-corrected chi connectivity index (χ2v) is 14.4. The lowest BCUT2D eigenvalue weighted by Gasteiger charge is -2.35. The Labute approximate surface area is 277 Å². The van der Waals surface area contributed by atoms with Crippen molar-refractivity contribution >= 4 is 39.1 Å². The molecule has 0 saturated carbocycles. The molecule has 4 aromatic rings. The third kappa shape index (κ3) is 8.89. The van der Waals surface area contributed by atoms with Crippen molar-refractivity contribution in [2.24, 2.45) is 0 Å². The van der Waals surface area contributed by atoms with E-state index in [2.05, 4.69) is 5.32 Å². The van der Waals surface area contributed by atoms with Gasteiger partial charge in [-0.1, -0.05) is 90.0 Å². The van der Waals surface area contributed by atoms with Gasteiger partial charge < -0.3 is 15.0 Å². The molecule has 0 aromatic heterocycles. The summed E-state index contributed by atoms with van der Waals surface area (Å²) >= 11 is 6.36. The first-order valence-electron chi connectivity index (χ1n) is 14.9. The molecule has 0 bridgehead atoms. The van der Waals surface area contributed by atoms with E-state index in [1.807, 2.05) is 88.4 Å². The molecular weight excluding hydrogens is 622 g/mol. The van der Waals surface area contributed by atoms with Crippen LogP contribution in [-0.4, -0.2) is 50.4 Å². The number of nitrogens with zero attached hydrogens (tertiary/aromatic N) is 2. The Bertz CT molecular complexity index is 1740. The smallest absolute Gasteiger partial charge is 0.264 e. The van der Waals surface area contributed by atoms with Crippen molar-refractivity contribution < 1.29 is 22.7 Å². The summed E-state index contributed by atoms with van der Waals surface area (Å²) in [4.78, 5) is 30.0. The highest BCUT2D eigenvalue weighted by molar-refractivity contribution is 7.92. The van der Waals surface area contributed by atoms with E-state index in [-0.39, 0.29) is 40.2 Å². The van der Waals surface area contributed by atoms with Crippen LogP contribution in [0.25, 0.3) is 0 Å². The summed E-state index contributed by atoms with van der Waals surface area (Å²) < 4.78 is 35.1. The van der Waals surface area contributed by atoms with E-state index in [9.17, 15) is 18.0 Å². The number of halogens is 1. The van der Waals surface area contributed by atoms with Crippen LogP contribution >= 0.6 is 11.6 Å². The van der Waals surface area contributed by atoms with Crippen molar-refractivity contribution in [1.82, 2.24) is 10.2 Å². The van der Waals surface area contributed by atoms with Gasteiger partial charge in [-0.25, -0.2) is 8.42 Å². The van der Waals surface area contributed by atoms with Gasteiger partial charge in [0.25, 0.3) is 10.0 Å². The van der Waals surface area contributed by atoms with E-state index in [1.54, 1.807) is 24.3 Å². The minimum Gasteiger partial charge on any atom is -0.495 e. The fourth-order valence-electron chi connectivity index (χ4n) is 5.00. The third-order valence-electron chi connectivity index (χ3n) is 7.26. The maximum absolute atomic E-state index is 14.6. The summed E-state index contributed by atoms with van der Waals surface area (Å²) in [6, 6.07) is 28.7. The Kier molecular flexibility index (Phi) is 11.1. The minimum absolute atomic E-state index is 0.00570. The molecule has 0 saturated heterocycles. The Morgan fingerprint density at radius 3 is 2.02 bits per heavy atom. The predicted octanol–water partition coefficient (Wildman–Crippen LogP) is 6.41. The second kappa shape index (κ2) is 14.8. The molecule has 4 rings (SSSR count). The highest BCUT2D eigenvalue weighted by Crippen LogP contribution is 2.35. The molecule has 0 fully saturated rings. The first-order valence-corrected chi connectivity index (χ1v) is 16.7. The van der Waals surface area contributed by atoms with Crippen LogP contribution in [0.2, 0.25) is 5.02 Å². The summed E-state index contributed by atoms with van der Waals surface area (Å²) in [6.07, 6.45) is 0.215. The molecule has 8 nitrogen and oxygen atoms in total. The van der Waals surface area contributed by atoms with E-state index < -0.39 is 34.1 Å². The highest BCUT2D eigenvalue weighted by Gasteiger charge is 2.36. The molecule has 0 aliphatic rings. The number of benzene rings is 4. The fraction of sp³-hybridized carbons (Fsp3) is 0.278. The monoisotopic (exact) mass is 661 g/mol. The molecule has 0 aliphatic heterocycles. The van der Waals surface area contributed by atoms with Gasteiger partial charge in [-0.05, 0) is 69.2 Å². The number of carbonyl (C=O) groups excluding carboxylic acids is 2. The van der Waals surface area contributed by atoms with Gasteiger partial charge in [0.15, 0.2) is 0 Å². The number of carbonyl (C=O) groups is 2. The van der Waals surface area contributed by atoms with Crippen molar-refractivity contribution in [3.63, 3.8) is 0 Å². The Balaban J connectivity index is 1.85. The number of nitrogens with one attached hydrogen (secondary N) is 1. The van der Waals surface area contributed by atoms with E-state index in [0.29, 0.717) is 0 Å². The summed E-state index contributed by atoms with van der Waals surface area (Å²) in [5.41, 5.74) is 2.03. The lowest BCUT2D eigenvalue weighted by Crippen LogP contribution is -2.56. The largest absolute Gasteiger partial charge is 0.495 e. The number of methoxy groups -OCH3 is 1. The lowest BCUT2D eigenvalue weighted by molar-refractivity contribution is -0.140. The van der Waals surface area contributed by atoms with Gasteiger partial charge in [-0.2, -0.15) is 0 Å². The maximum Gasteiger partial charge on any atom is 0.264 e. The summed E-state index contributed by atoms with van der Waals surface area (Å²) in [7, 11) is -2.89. The topological polar surface area (TPSA) is 96.0 Å². The van der Waals surface area contributed by atoms with Gasteiger partial charge in [-0.3, -0.25) is 13.9 Å². The molecule has 2 amide bonds. The number of hydrogen-bond donors (Lipinski definition) is 1. The van der Waals surface area contributed by atoms with Crippen LogP contribution in [0.5, 0.6) is 5.75 Å². The van der Waals surface area contributed by atoms with Gasteiger partial charge in [0.1, 0.15) is 18.3 Å². The van der Waals surface area contributed by atoms with E-state index in [4.69, 9.17) is 16.3 Å². The third-order valence-corrected chi connectivity index (χ3v) is 9.27. The van der Waals surface area contributed by atoms with Gasteiger partial charge in [0.05, 0.1) is 17.7 Å². The second-order valence-electron chi connectivity index (χ2n) is 12.1.